The number of amides is 1. The van der Waals surface area contributed by atoms with Crippen LogP contribution in [0.1, 0.15) is 15.2 Å². The van der Waals surface area contributed by atoms with Crippen molar-refractivity contribution in [2.75, 3.05) is 11.9 Å². The van der Waals surface area contributed by atoms with Crippen LogP contribution in [0.2, 0.25) is 0 Å². The number of pyridine rings is 1. The van der Waals surface area contributed by atoms with Crippen molar-refractivity contribution in [1.29, 1.82) is 0 Å². The number of aromatic nitrogens is 1. The number of hydrogen-bond acceptors (Lipinski definition) is 4. The Morgan fingerprint density at radius 1 is 1.50 bits per heavy atom. The summed E-state index contributed by atoms with van der Waals surface area (Å²) in [5.74, 6) is 5.59. The van der Waals surface area contributed by atoms with Crippen LogP contribution in [0.5, 0.6) is 0 Å². The normalized spacial score (nSPS) is 9.39. The zero-order valence-electron chi connectivity index (χ0n) is 9.38. The Kier molecular flexibility index (Phi) is 4.07. The molecule has 0 aliphatic heterocycles. The van der Waals surface area contributed by atoms with E-state index in [9.17, 15) is 4.79 Å². The van der Waals surface area contributed by atoms with Crippen LogP contribution >= 0.6 is 11.3 Å². The third kappa shape index (κ3) is 3.17. The maximum absolute atomic E-state index is 11.9. The van der Waals surface area contributed by atoms with Gasteiger partial charge in [-0.1, -0.05) is 17.9 Å². The fourth-order valence-electron chi connectivity index (χ4n) is 1.27. The number of aliphatic hydroxyl groups is 1. The maximum Gasteiger partial charge on any atom is 0.257 e. The molecule has 2 N–H and O–H groups in total. The van der Waals surface area contributed by atoms with Crippen LogP contribution in [-0.4, -0.2) is 22.6 Å². The molecule has 0 radical (unpaired) electrons. The number of anilines is 1. The predicted octanol–water partition coefficient (Wildman–Crippen LogP) is 1.74. The predicted molar refractivity (Wildman–Crippen MR) is 70.5 cm³/mol. The number of nitrogens with zero attached hydrogens (tertiary/aromatic N) is 1. The number of rotatable bonds is 2. The number of aliphatic hydroxyl groups excluding tert-OH is 1. The summed E-state index contributed by atoms with van der Waals surface area (Å²) in [6.45, 7) is -0.187. The molecule has 0 bridgehead atoms. The van der Waals surface area contributed by atoms with Crippen molar-refractivity contribution in [3.63, 3.8) is 0 Å². The first-order chi connectivity index (χ1) is 8.79. The van der Waals surface area contributed by atoms with Gasteiger partial charge in [0.1, 0.15) is 12.4 Å². The highest BCUT2D eigenvalue weighted by Crippen LogP contribution is 2.14. The molecule has 0 unspecified atom stereocenters. The second-order valence-corrected chi connectivity index (χ2v) is 4.24. The van der Waals surface area contributed by atoms with Crippen molar-refractivity contribution >= 4 is 23.1 Å². The van der Waals surface area contributed by atoms with Gasteiger partial charge in [-0.2, -0.15) is 0 Å². The third-order valence-electron chi connectivity index (χ3n) is 2.06. The van der Waals surface area contributed by atoms with E-state index in [1.807, 2.05) is 0 Å². The van der Waals surface area contributed by atoms with Gasteiger partial charge in [-0.15, -0.1) is 11.3 Å². The zero-order chi connectivity index (χ0) is 12.8. The van der Waals surface area contributed by atoms with Crippen molar-refractivity contribution in [2.24, 2.45) is 0 Å². The molecule has 0 saturated heterocycles. The Bertz CT molecular complexity index is 596. The molecule has 90 valence electrons. The molecule has 0 fully saturated rings. The lowest BCUT2D eigenvalue weighted by atomic mass is 10.3. The van der Waals surface area contributed by atoms with Crippen LogP contribution in [0.15, 0.2) is 35.8 Å². The summed E-state index contributed by atoms with van der Waals surface area (Å²) < 4.78 is 0. The lowest BCUT2D eigenvalue weighted by Gasteiger charge is -2.00. The maximum atomic E-state index is 11.9. The SMILES string of the molecule is O=C(Nc1ccccn1)c1csc(C#CCO)c1. The van der Waals surface area contributed by atoms with Crippen LogP contribution in [0.3, 0.4) is 0 Å². The average molecular weight is 258 g/mol. The smallest absolute Gasteiger partial charge is 0.257 e. The molecule has 0 atom stereocenters. The molecule has 2 aromatic heterocycles. The summed E-state index contributed by atoms with van der Waals surface area (Å²) in [5.41, 5.74) is 0.535. The Labute approximate surface area is 108 Å². The van der Waals surface area contributed by atoms with E-state index in [1.54, 1.807) is 35.8 Å². The monoisotopic (exact) mass is 258 g/mol. The Morgan fingerprint density at radius 3 is 3.11 bits per heavy atom. The summed E-state index contributed by atoms with van der Waals surface area (Å²) >= 11 is 1.36. The van der Waals surface area contributed by atoms with E-state index in [0.29, 0.717) is 11.4 Å². The second-order valence-electron chi connectivity index (χ2n) is 3.33. The molecule has 0 aliphatic carbocycles. The Balaban J connectivity index is 2.08. The van der Waals surface area contributed by atoms with Crippen LogP contribution in [0, 0.1) is 11.8 Å². The first-order valence-corrected chi connectivity index (χ1v) is 6.08. The summed E-state index contributed by atoms with van der Waals surface area (Å²) in [5, 5.41) is 13.0. The van der Waals surface area contributed by atoms with Gasteiger partial charge in [0.15, 0.2) is 0 Å². The van der Waals surface area contributed by atoms with E-state index >= 15 is 0 Å². The van der Waals surface area contributed by atoms with E-state index in [1.165, 1.54) is 11.3 Å². The van der Waals surface area contributed by atoms with Gasteiger partial charge in [-0.25, -0.2) is 4.98 Å². The van der Waals surface area contributed by atoms with Gasteiger partial charge in [0.2, 0.25) is 0 Å². The van der Waals surface area contributed by atoms with E-state index in [4.69, 9.17) is 5.11 Å². The van der Waals surface area contributed by atoms with Gasteiger partial charge < -0.3 is 10.4 Å². The van der Waals surface area contributed by atoms with Crippen molar-refractivity contribution in [1.82, 2.24) is 4.98 Å². The molecule has 1 amide bonds. The largest absolute Gasteiger partial charge is 0.384 e. The molecule has 18 heavy (non-hydrogen) atoms. The van der Waals surface area contributed by atoms with Gasteiger partial charge in [0.25, 0.3) is 5.91 Å². The summed E-state index contributed by atoms with van der Waals surface area (Å²) in [6.07, 6.45) is 1.61. The first-order valence-electron chi connectivity index (χ1n) is 5.20. The lowest BCUT2D eigenvalue weighted by Crippen LogP contribution is -2.11. The fourth-order valence-corrected chi connectivity index (χ4v) is 2.03. The van der Waals surface area contributed by atoms with Gasteiger partial charge in [0, 0.05) is 11.6 Å². The molecule has 0 aromatic carbocycles. The van der Waals surface area contributed by atoms with Gasteiger partial charge in [-0.3, -0.25) is 4.79 Å². The third-order valence-corrected chi connectivity index (χ3v) is 2.90. The quantitative estimate of drug-likeness (QED) is 0.806. The molecule has 2 heterocycles. The minimum absolute atomic E-state index is 0.187. The first kappa shape index (κ1) is 12.3. The number of carbonyl (C=O) groups is 1. The van der Waals surface area contributed by atoms with Crippen LogP contribution in [0.4, 0.5) is 5.82 Å². The minimum atomic E-state index is -0.220. The van der Waals surface area contributed by atoms with Crippen LogP contribution in [0.25, 0.3) is 0 Å². The fraction of sp³-hybridized carbons (Fsp3) is 0.0769. The lowest BCUT2D eigenvalue weighted by molar-refractivity contribution is 0.102. The Morgan fingerprint density at radius 2 is 2.39 bits per heavy atom. The number of carbonyl (C=O) groups excluding carboxylic acids is 1. The highest BCUT2D eigenvalue weighted by atomic mass is 32.1. The minimum Gasteiger partial charge on any atom is -0.384 e. The highest BCUT2D eigenvalue weighted by molar-refractivity contribution is 7.10. The van der Waals surface area contributed by atoms with Gasteiger partial charge >= 0.3 is 0 Å². The molecule has 4 nitrogen and oxygen atoms in total. The number of thiophene rings is 1. The zero-order valence-corrected chi connectivity index (χ0v) is 10.2. The van der Waals surface area contributed by atoms with E-state index in [-0.39, 0.29) is 12.5 Å². The van der Waals surface area contributed by atoms with E-state index in [0.717, 1.165) is 4.88 Å². The van der Waals surface area contributed by atoms with E-state index in [2.05, 4.69) is 22.1 Å². The molecule has 0 aliphatic rings. The van der Waals surface area contributed by atoms with Crippen molar-refractivity contribution in [3.8, 4) is 11.8 Å². The highest BCUT2D eigenvalue weighted by Gasteiger charge is 2.08. The topological polar surface area (TPSA) is 62.2 Å². The van der Waals surface area contributed by atoms with Crippen LogP contribution in [-0.2, 0) is 0 Å². The van der Waals surface area contributed by atoms with Gasteiger partial charge in [0.05, 0.1) is 10.4 Å². The Hall–Kier alpha value is -2.16. The molecular formula is C13H10N2O2S. The van der Waals surface area contributed by atoms with Crippen molar-refractivity contribution in [3.05, 3.63) is 46.3 Å². The summed E-state index contributed by atoms with van der Waals surface area (Å²) in [7, 11) is 0. The molecule has 2 aromatic rings. The molecule has 5 heteroatoms. The number of nitrogens with one attached hydrogen (secondary N) is 1. The average Bonchev–Trinajstić information content (AvgIpc) is 2.86. The molecule has 0 saturated carbocycles. The molecule has 2 rings (SSSR count). The van der Waals surface area contributed by atoms with Crippen molar-refractivity contribution in [2.45, 2.75) is 0 Å². The van der Waals surface area contributed by atoms with E-state index < -0.39 is 0 Å². The van der Waals surface area contributed by atoms with Crippen molar-refractivity contribution < 1.29 is 9.90 Å². The number of hydrogen-bond donors (Lipinski definition) is 2. The van der Waals surface area contributed by atoms with Gasteiger partial charge in [-0.05, 0) is 18.2 Å². The molecular weight excluding hydrogens is 248 g/mol. The molecule has 0 spiro atoms. The summed E-state index contributed by atoms with van der Waals surface area (Å²) in [6, 6.07) is 6.99. The standard InChI is InChI=1S/C13H10N2O2S/c16-7-3-4-11-8-10(9-18-11)13(17)15-12-5-1-2-6-14-12/h1-2,5-6,8-9,16H,7H2,(H,14,15,17). The summed E-state index contributed by atoms with van der Waals surface area (Å²) in [4.78, 5) is 16.6. The van der Waals surface area contributed by atoms with Crippen LogP contribution < -0.4 is 5.32 Å². The second kappa shape index (κ2) is 5.96.